The van der Waals surface area contributed by atoms with Crippen LogP contribution in [0.15, 0.2) is 54.6 Å². The van der Waals surface area contributed by atoms with Gasteiger partial charge in [-0.1, -0.05) is 48.0 Å². The number of aryl methyl sites for hydroxylation is 1. The van der Waals surface area contributed by atoms with E-state index in [0.29, 0.717) is 6.54 Å². The van der Waals surface area contributed by atoms with Crippen LogP contribution < -0.4 is 10.2 Å². The number of anilines is 1. The largest absolute Gasteiger partial charge is 0.353 e. The minimum Gasteiger partial charge on any atom is -0.353 e. The monoisotopic (exact) mass is 432 g/mol. The van der Waals surface area contributed by atoms with Gasteiger partial charge in [-0.25, -0.2) is 0 Å². The summed E-state index contributed by atoms with van der Waals surface area (Å²) in [6.07, 6.45) is 2.40. The van der Waals surface area contributed by atoms with Gasteiger partial charge in [0.25, 0.3) is 0 Å². The van der Waals surface area contributed by atoms with E-state index in [4.69, 9.17) is 5.26 Å². The van der Waals surface area contributed by atoms with Gasteiger partial charge in [-0.15, -0.1) is 0 Å². The summed E-state index contributed by atoms with van der Waals surface area (Å²) >= 11 is 0. The lowest BCUT2D eigenvalue weighted by atomic mass is 10.0. The molecule has 1 aliphatic rings. The number of benzene rings is 2. The number of amides is 2. The van der Waals surface area contributed by atoms with Gasteiger partial charge in [0, 0.05) is 50.7 Å². The van der Waals surface area contributed by atoms with Crippen LogP contribution in [0, 0.1) is 18.3 Å². The summed E-state index contributed by atoms with van der Waals surface area (Å²) in [7, 11) is 0. The van der Waals surface area contributed by atoms with E-state index in [1.54, 1.807) is 4.90 Å². The summed E-state index contributed by atoms with van der Waals surface area (Å²) < 4.78 is 0. The highest BCUT2D eigenvalue weighted by molar-refractivity contribution is 5.95. The van der Waals surface area contributed by atoms with Crippen LogP contribution in [-0.2, 0) is 16.1 Å². The van der Waals surface area contributed by atoms with Crippen LogP contribution in [0.25, 0.3) is 0 Å². The lowest BCUT2D eigenvalue weighted by Gasteiger charge is -2.32. The fraction of sp³-hybridized carbons (Fsp3) is 0.423. The lowest BCUT2D eigenvalue weighted by molar-refractivity contribution is -0.125. The molecule has 0 aliphatic carbocycles. The third kappa shape index (κ3) is 7.21. The molecule has 1 aliphatic heterocycles. The Labute approximate surface area is 190 Å². The first-order valence-corrected chi connectivity index (χ1v) is 11.3. The minimum atomic E-state index is -0.130. The summed E-state index contributed by atoms with van der Waals surface area (Å²) in [5.41, 5.74) is 3.36. The number of nitrogens with zero attached hydrogens (tertiary/aromatic N) is 3. The van der Waals surface area contributed by atoms with E-state index in [1.165, 1.54) is 11.1 Å². The number of para-hydroxylation sites is 1. The SMILES string of the molecule is Cc1cccc(CN2CCC(NC(=O)CCC(=O)N(CCC#N)c3ccccc3)CC2)c1. The van der Waals surface area contributed by atoms with Gasteiger partial charge in [-0.05, 0) is 37.5 Å². The number of hydrogen-bond donors (Lipinski definition) is 1. The first kappa shape index (κ1) is 23.5. The van der Waals surface area contributed by atoms with Gasteiger partial charge in [-0.2, -0.15) is 5.26 Å². The Morgan fingerprint density at radius 3 is 2.53 bits per heavy atom. The molecule has 0 spiro atoms. The maximum atomic E-state index is 12.7. The quantitative estimate of drug-likeness (QED) is 0.654. The fourth-order valence-electron chi connectivity index (χ4n) is 4.13. The number of nitrogens with one attached hydrogen (secondary N) is 1. The highest BCUT2D eigenvalue weighted by Gasteiger charge is 2.22. The maximum absolute atomic E-state index is 12.7. The predicted octanol–water partition coefficient (Wildman–Crippen LogP) is 3.80. The second-order valence-electron chi connectivity index (χ2n) is 8.40. The average molecular weight is 433 g/mol. The third-order valence-corrected chi connectivity index (χ3v) is 5.82. The molecule has 1 saturated heterocycles. The van der Waals surface area contributed by atoms with Gasteiger partial charge in [0.15, 0.2) is 0 Å². The number of hydrogen-bond acceptors (Lipinski definition) is 4. The standard InChI is InChI=1S/C26H32N4O2/c1-21-7-5-8-22(19-21)20-29-17-13-23(14-18-29)28-25(31)11-12-26(32)30(16-6-15-27)24-9-3-2-4-10-24/h2-5,7-10,19,23H,6,11-14,16-18,20H2,1H3,(H,28,31). The lowest BCUT2D eigenvalue weighted by Crippen LogP contribution is -2.44. The average Bonchev–Trinajstić information content (AvgIpc) is 2.80. The van der Waals surface area contributed by atoms with Gasteiger partial charge >= 0.3 is 0 Å². The Balaban J connectivity index is 1.41. The maximum Gasteiger partial charge on any atom is 0.227 e. The van der Waals surface area contributed by atoms with Crippen molar-refractivity contribution in [3.63, 3.8) is 0 Å². The molecule has 6 nitrogen and oxygen atoms in total. The molecule has 1 N–H and O–H groups in total. The van der Waals surface area contributed by atoms with Crippen LogP contribution in [0.5, 0.6) is 0 Å². The van der Waals surface area contributed by atoms with Crippen LogP contribution in [0.2, 0.25) is 0 Å². The topological polar surface area (TPSA) is 76.4 Å². The van der Waals surface area contributed by atoms with E-state index in [0.717, 1.165) is 38.2 Å². The van der Waals surface area contributed by atoms with Crippen molar-refractivity contribution in [1.29, 1.82) is 5.26 Å². The van der Waals surface area contributed by atoms with Crippen molar-refractivity contribution in [2.45, 2.75) is 51.6 Å². The predicted molar refractivity (Wildman–Crippen MR) is 126 cm³/mol. The van der Waals surface area contributed by atoms with E-state index >= 15 is 0 Å². The smallest absolute Gasteiger partial charge is 0.227 e. The highest BCUT2D eigenvalue weighted by Crippen LogP contribution is 2.17. The van der Waals surface area contributed by atoms with E-state index in [-0.39, 0.29) is 37.1 Å². The molecule has 0 unspecified atom stereocenters. The van der Waals surface area contributed by atoms with Gasteiger partial charge in [-0.3, -0.25) is 14.5 Å². The van der Waals surface area contributed by atoms with Crippen LogP contribution >= 0.6 is 0 Å². The minimum absolute atomic E-state index is 0.0798. The van der Waals surface area contributed by atoms with Crippen molar-refractivity contribution in [2.75, 3.05) is 24.5 Å². The summed E-state index contributed by atoms with van der Waals surface area (Å²) in [5, 5.41) is 12.0. The summed E-state index contributed by atoms with van der Waals surface area (Å²) in [4.78, 5) is 29.2. The Morgan fingerprint density at radius 2 is 1.84 bits per heavy atom. The van der Waals surface area contributed by atoms with Gasteiger partial charge in [0.1, 0.15) is 0 Å². The first-order chi connectivity index (χ1) is 15.5. The number of likely N-dealkylation sites (tertiary alicyclic amines) is 1. The Bertz CT molecular complexity index is 930. The third-order valence-electron chi connectivity index (χ3n) is 5.82. The zero-order valence-corrected chi connectivity index (χ0v) is 18.8. The molecule has 2 aromatic rings. The Hall–Kier alpha value is -3.17. The molecular weight excluding hydrogens is 400 g/mol. The molecule has 0 saturated carbocycles. The van der Waals surface area contributed by atoms with Crippen LogP contribution in [-0.4, -0.2) is 42.4 Å². The van der Waals surface area contributed by atoms with Crippen molar-refractivity contribution in [3.05, 3.63) is 65.7 Å². The second kappa shape index (κ2) is 12.0. The van der Waals surface area contributed by atoms with Crippen molar-refractivity contribution < 1.29 is 9.59 Å². The first-order valence-electron chi connectivity index (χ1n) is 11.3. The van der Waals surface area contributed by atoms with Gasteiger partial charge < -0.3 is 10.2 Å². The number of carbonyl (C=O) groups is 2. The molecule has 1 fully saturated rings. The molecule has 168 valence electrons. The highest BCUT2D eigenvalue weighted by atomic mass is 16.2. The summed E-state index contributed by atoms with van der Waals surface area (Å²) in [6, 6.07) is 20.1. The molecule has 1 heterocycles. The normalized spacial score (nSPS) is 14.5. The molecule has 32 heavy (non-hydrogen) atoms. The van der Waals surface area contributed by atoms with E-state index in [1.807, 2.05) is 30.3 Å². The van der Waals surface area contributed by atoms with Crippen LogP contribution in [0.3, 0.4) is 0 Å². The summed E-state index contributed by atoms with van der Waals surface area (Å²) in [6.45, 7) is 5.29. The van der Waals surface area contributed by atoms with Gasteiger partial charge in [0.05, 0.1) is 12.5 Å². The Kier molecular flexibility index (Phi) is 8.82. The van der Waals surface area contributed by atoms with E-state index in [9.17, 15) is 9.59 Å². The summed E-state index contributed by atoms with van der Waals surface area (Å²) in [5.74, 6) is -0.210. The van der Waals surface area contributed by atoms with Crippen molar-refractivity contribution in [3.8, 4) is 6.07 Å². The number of rotatable bonds is 9. The van der Waals surface area contributed by atoms with Crippen LogP contribution in [0.1, 0.15) is 43.2 Å². The molecule has 2 aromatic carbocycles. The molecular formula is C26H32N4O2. The zero-order chi connectivity index (χ0) is 22.8. The number of nitriles is 1. The van der Waals surface area contributed by atoms with Crippen LogP contribution in [0.4, 0.5) is 5.69 Å². The van der Waals surface area contributed by atoms with Gasteiger partial charge in [0.2, 0.25) is 11.8 Å². The van der Waals surface area contributed by atoms with Crippen molar-refractivity contribution >= 4 is 17.5 Å². The molecule has 0 bridgehead atoms. The van der Waals surface area contributed by atoms with Crippen molar-refractivity contribution in [1.82, 2.24) is 10.2 Å². The molecule has 0 radical (unpaired) electrons. The Morgan fingerprint density at radius 1 is 1.09 bits per heavy atom. The second-order valence-corrected chi connectivity index (χ2v) is 8.40. The molecule has 2 amide bonds. The zero-order valence-electron chi connectivity index (χ0n) is 18.8. The molecule has 3 rings (SSSR count). The van der Waals surface area contributed by atoms with Crippen molar-refractivity contribution in [2.24, 2.45) is 0 Å². The fourth-order valence-corrected chi connectivity index (χ4v) is 4.13. The number of piperidine rings is 1. The molecule has 6 heteroatoms. The molecule has 0 aromatic heterocycles. The van der Waals surface area contributed by atoms with E-state index in [2.05, 4.69) is 47.5 Å². The number of carbonyl (C=O) groups excluding carboxylic acids is 2. The molecule has 0 atom stereocenters. The van der Waals surface area contributed by atoms with E-state index < -0.39 is 0 Å².